The van der Waals surface area contributed by atoms with Crippen LogP contribution in [0.25, 0.3) is 11.3 Å². The van der Waals surface area contributed by atoms with Gasteiger partial charge >= 0.3 is 0 Å². The van der Waals surface area contributed by atoms with E-state index >= 15 is 0 Å². The highest BCUT2D eigenvalue weighted by molar-refractivity contribution is 6.31. The van der Waals surface area contributed by atoms with Crippen molar-refractivity contribution in [2.75, 3.05) is 5.32 Å². The van der Waals surface area contributed by atoms with E-state index in [2.05, 4.69) is 15.5 Å². The van der Waals surface area contributed by atoms with Gasteiger partial charge in [-0.3, -0.25) is 9.89 Å². The molecule has 0 radical (unpaired) electrons. The Kier molecular flexibility index (Phi) is 4.24. The van der Waals surface area contributed by atoms with E-state index in [1.54, 1.807) is 24.3 Å². The van der Waals surface area contributed by atoms with Crippen molar-refractivity contribution in [1.82, 2.24) is 10.2 Å². The predicted molar refractivity (Wildman–Crippen MR) is 100 cm³/mol. The van der Waals surface area contributed by atoms with Crippen molar-refractivity contribution >= 4 is 34.8 Å². The standard InChI is InChI=1S/C19H15Cl2N3O/c20-14-7-3-12(4-8-14)17-18(16(23-24-17)11-1-2-11)22-19(25)13-5-9-15(21)10-6-13/h3-11H,1-2H2,(H,22,25)(H,23,24). The number of nitrogens with zero attached hydrogens (tertiary/aromatic N) is 1. The molecule has 0 unspecified atom stereocenters. The molecular weight excluding hydrogens is 357 g/mol. The molecule has 1 aliphatic carbocycles. The van der Waals surface area contributed by atoms with Crippen LogP contribution in [0.15, 0.2) is 48.5 Å². The van der Waals surface area contributed by atoms with Gasteiger partial charge in [-0.2, -0.15) is 5.10 Å². The predicted octanol–water partition coefficient (Wildman–Crippen LogP) is 5.51. The molecule has 0 atom stereocenters. The highest BCUT2D eigenvalue weighted by atomic mass is 35.5. The molecule has 0 bridgehead atoms. The van der Waals surface area contributed by atoms with Gasteiger partial charge < -0.3 is 5.32 Å². The Morgan fingerprint density at radius 1 is 1.00 bits per heavy atom. The van der Waals surface area contributed by atoms with E-state index in [0.29, 0.717) is 21.5 Å². The fourth-order valence-corrected chi connectivity index (χ4v) is 3.01. The second-order valence-electron chi connectivity index (χ2n) is 6.10. The lowest BCUT2D eigenvalue weighted by Crippen LogP contribution is -2.13. The van der Waals surface area contributed by atoms with E-state index in [4.69, 9.17) is 23.2 Å². The Morgan fingerprint density at radius 3 is 2.20 bits per heavy atom. The number of carbonyl (C=O) groups is 1. The second-order valence-corrected chi connectivity index (χ2v) is 6.98. The molecule has 1 fully saturated rings. The van der Waals surface area contributed by atoms with Gasteiger partial charge in [-0.25, -0.2) is 0 Å². The molecule has 1 saturated carbocycles. The zero-order valence-corrected chi connectivity index (χ0v) is 14.7. The van der Waals surface area contributed by atoms with Crippen molar-refractivity contribution in [2.24, 2.45) is 0 Å². The molecule has 0 spiro atoms. The second kappa shape index (κ2) is 6.54. The summed E-state index contributed by atoms with van der Waals surface area (Å²) in [4.78, 5) is 12.6. The molecule has 4 rings (SSSR count). The smallest absolute Gasteiger partial charge is 0.255 e. The Balaban J connectivity index is 1.69. The fraction of sp³-hybridized carbons (Fsp3) is 0.158. The van der Waals surface area contributed by atoms with Crippen molar-refractivity contribution in [2.45, 2.75) is 18.8 Å². The molecule has 2 N–H and O–H groups in total. The van der Waals surface area contributed by atoms with Crippen molar-refractivity contribution in [3.63, 3.8) is 0 Å². The molecule has 3 aromatic rings. The molecule has 1 aromatic heterocycles. The van der Waals surface area contributed by atoms with Crippen LogP contribution in [-0.4, -0.2) is 16.1 Å². The highest BCUT2D eigenvalue weighted by Crippen LogP contribution is 2.45. The molecule has 25 heavy (non-hydrogen) atoms. The van der Waals surface area contributed by atoms with Gasteiger partial charge in [-0.1, -0.05) is 35.3 Å². The summed E-state index contributed by atoms with van der Waals surface area (Å²) in [7, 11) is 0. The minimum Gasteiger partial charge on any atom is -0.319 e. The number of amides is 1. The maximum Gasteiger partial charge on any atom is 0.255 e. The summed E-state index contributed by atoms with van der Waals surface area (Å²) >= 11 is 11.9. The molecule has 0 aliphatic heterocycles. The Morgan fingerprint density at radius 2 is 1.60 bits per heavy atom. The fourth-order valence-electron chi connectivity index (χ4n) is 2.75. The molecular formula is C19H15Cl2N3O. The lowest BCUT2D eigenvalue weighted by Gasteiger charge is -2.09. The SMILES string of the molecule is O=C(Nc1c(-c2ccc(Cl)cc2)n[nH]c1C1CC1)c1ccc(Cl)cc1. The average Bonchev–Trinajstić information content (AvgIpc) is 3.37. The first kappa shape index (κ1) is 16.2. The topological polar surface area (TPSA) is 57.8 Å². The van der Waals surface area contributed by atoms with Crippen molar-refractivity contribution in [1.29, 1.82) is 0 Å². The van der Waals surface area contributed by atoms with Gasteiger partial charge in [-0.05, 0) is 49.2 Å². The molecule has 1 amide bonds. The van der Waals surface area contributed by atoms with Gasteiger partial charge in [0.1, 0.15) is 5.69 Å². The first-order valence-corrected chi connectivity index (χ1v) is 8.78. The number of rotatable bonds is 4. The van der Waals surface area contributed by atoms with Gasteiger partial charge in [-0.15, -0.1) is 0 Å². The van der Waals surface area contributed by atoms with Gasteiger partial charge in [0.2, 0.25) is 0 Å². The lowest BCUT2D eigenvalue weighted by molar-refractivity contribution is 0.102. The first-order chi connectivity index (χ1) is 12.1. The van der Waals surface area contributed by atoms with E-state index < -0.39 is 0 Å². The third-order valence-electron chi connectivity index (χ3n) is 4.24. The summed E-state index contributed by atoms with van der Waals surface area (Å²) in [5, 5.41) is 11.8. The maximum atomic E-state index is 12.6. The number of carbonyl (C=O) groups excluding carboxylic acids is 1. The molecule has 1 aliphatic rings. The monoisotopic (exact) mass is 371 g/mol. The molecule has 4 nitrogen and oxygen atoms in total. The molecule has 6 heteroatoms. The Labute approximate surface area is 155 Å². The number of H-pyrrole nitrogens is 1. The van der Waals surface area contributed by atoms with Crippen LogP contribution < -0.4 is 5.32 Å². The minimum atomic E-state index is -0.185. The van der Waals surface area contributed by atoms with E-state index in [-0.39, 0.29) is 5.91 Å². The Bertz CT molecular complexity index is 913. The van der Waals surface area contributed by atoms with Crippen LogP contribution in [0.1, 0.15) is 34.8 Å². The molecule has 1 heterocycles. The Hall–Kier alpha value is -2.30. The van der Waals surface area contributed by atoms with Crippen molar-refractivity contribution < 1.29 is 4.79 Å². The summed E-state index contributed by atoms with van der Waals surface area (Å²) in [6.07, 6.45) is 2.21. The quantitative estimate of drug-likeness (QED) is 0.634. The zero-order chi connectivity index (χ0) is 17.4. The molecule has 0 saturated heterocycles. The normalized spacial score (nSPS) is 13.7. The van der Waals surface area contributed by atoms with Gasteiger partial charge in [0.05, 0.1) is 11.4 Å². The highest BCUT2D eigenvalue weighted by Gasteiger charge is 2.31. The minimum absolute atomic E-state index is 0.185. The summed E-state index contributed by atoms with van der Waals surface area (Å²) in [6, 6.07) is 14.2. The van der Waals surface area contributed by atoms with E-state index in [1.165, 1.54) is 0 Å². The van der Waals surface area contributed by atoms with Crippen LogP contribution in [0.5, 0.6) is 0 Å². The van der Waals surface area contributed by atoms with Crippen molar-refractivity contribution in [3.8, 4) is 11.3 Å². The third kappa shape index (κ3) is 3.41. The number of benzene rings is 2. The number of halogens is 2. The first-order valence-electron chi connectivity index (χ1n) is 8.03. The number of hydrogen-bond donors (Lipinski definition) is 2. The number of aromatic amines is 1. The van der Waals surface area contributed by atoms with Crippen LogP contribution in [-0.2, 0) is 0 Å². The summed E-state index contributed by atoms with van der Waals surface area (Å²) in [5.74, 6) is 0.240. The summed E-state index contributed by atoms with van der Waals surface area (Å²) in [6.45, 7) is 0. The van der Waals surface area contributed by atoms with E-state index in [1.807, 2.05) is 24.3 Å². The summed E-state index contributed by atoms with van der Waals surface area (Å²) < 4.78 is 0. The number of aromatic nitrogens is 2. The van der Waals surface area contributed by atoms with Gasteiger partial charge in [0, 0.05) is 27.1 Å². The largest absolute Gasteiger partial charge is 0.319 e. The average molecular weight is 372 g/mol. The van der Waals surface area contributed by atoms with E-state index in [0.717, 1.165) is 35.5 Å². The van der Waals surface area contributed by atoms with Crippen LogP contribution in [0.2, 0.25) is 10.0 Å². The summed E-state index contributed by atoms with van der Waals surface area (Å²) in [5.41, 5.74) is 3.89. The molecule has 2 aromatic carbocycles. The lowest BCUT2D eigenvalue weighted by atomic mass is 10.1. The number of anilines is 1. The zero-order valence-electron chi connectivity index (χ0n) is 13.2. The third-order valence-corrected chi connectivity index (χ3v) is 4.75. The number of nitrogens with one attached hydrogen (secondary N) is 2. The number of hydrogen-bond acceptors (Lipinski definition) is 2. The van der Waals surface area contributed by atoms with E-state index in [9.17, 15) is 4.79 Å². The van der Waals surface area contributed by atoms with Crippen LogP contribution in [0.3, 0.4) is 0 Å². The molecule has 126 valence electrons. The van der Waals surface area contributed by atoms with Crippen molar-refractivity contribution in [3.05, 3.63) is 69.8 Å². The maximum absolute atomic E-state index is 12.6. The van der Waals surface area contributed by atoms with Crippen LogP contribution >= 0.6 is 23.2 Å². The van der Waals surface area contributed by atoms with Crippen LogP contribution in [0, 0.1) is 0 Å². The van der Waals surface area contributed by atoms with Gasteiger partial charge in [0.25, 0.3) is 5.91 Å². The van der Waals surface area contributed by atoms with Gasteiger partial charge in [0.15, 0.2) is 0 Å². The van der Waals surface area contributed by atoms with Crippen LogP contribution in [0.4, 0.5) is 5.69 Å².